The second-order valence-electron chi connectivity index (χ2n) is 11.0. The van der Waals surface area contributed by atoms with Crippen LogP contribution in [0.25, 0.3) is 0 Å². The molecule has 2 aliphatic heterocycles. The van der Waals surface area contributed by atoms with Crippen molar-refractivity contribution in [3.63, 3.8) is 0 Å². The van der Waals surface area contributed by atoms with Gasteiger partial charge in [-0.25, -0.2) is 4.57 Å². The maximum Gasteiger partial charge on any atom is 0.403 e. The zero-order valence-electron chi connectivity index (χ0n) is 22.2. The first kappa shape index (κ1) is 22.9. The Balaban J connectivity index is 1.70. The number of para-hydroxylation sites is 3. The molecule has 0 bridgehead atoms. The molecule has 0 saturated carbocycles. The maximum absolute atomic E-state index is 2.68. The van der Waals surface area contributed by atoms with E-state index in [1.165, 1.54) is 50.7 Å². The highest BCUT2D eigenvalue weighted by Crippen LogP contribution is 2.58. The van der Waals surface area contributed by atoms with Crippen molar-refractivity contribution in [2.45, 2.75) is 52.3 Å². The van der Waals surface area contributed by atoms with E-state index in [2.05, 4.69) is 141 Å². The Labute approximate surface area is 216 Å². The van der Waals surface area contributed by atoms with Gasteiger partial charge in [-0.1, -0.05) is 76.2 Å². The Morgan fingerprint density at radius 3 is 1.92 bits per heavy atom. The van der Waals surface area contributed by atoms with Gasteiger partial charge in [0, 0.05) is 23.5 Å². The van der Waals surface area contributed by atoms with E-state index < -0.39 is 0 Å². The molecule has 0 spiro atoms. The van der Waals surface area contributed by atoms with Crippen molar-refractivity contribution in [2.75, 3.05) is 9.62 Å². The number of anilines is 4. The second kappa shape index (κ2) is 8.55. The predicted molar refractivity (Wildman–Crippen MR) is 152 cm³/mol. The molecule has 3 nitrogen and oxygen atoms in total. The van der Waals surface area contributed by atoms with E-state index in [1.54, 1.807) is 0 Å². The third-order valence-corrected chi connectivity index (χ3v) is 8.10. The van der Waals surface area contributed by atoms with E-state index in [0.29, 0.717) is 11.8 Å². The van der Waals surface area contributed by atoms with Crippen molar-refractivity contribution in [3.05, 3.63) is 113 Å². The third kappa shape index (κ3) is 3.23. The Bertz CT molecular complexity index is 1430. The molecule has 0 N–H and O–H groups in total. The highest BCUT2D eigenvalue weighted by molar-refractivity contribution is 6.76. The van der Waals surface area contributed by atoms with Gasteiger partial charge < -0.3 is 9.62 Å². The smallest absolute Gasteiger partial charge is 0.363 e. The van der Waals surface area contributed by atoms with Crippen LogP contribution in [0.4, 0.5) is 22.7 Å². The van der Waals surface area contributed by atoms with Gasteiger partial charge in [-0.05, 0) is 59.2 Å². The molecule has 3 heterocycles. The number of nitrogens with zero attached hydrogens (tertiary/aromatic N) is 3. The van der Waals surface area contributed by atoms with E-state index >= 15 is 0 Å². The summed E-state index contributed by atoms with van der Waals surface area (Å²) in [5.41, 5.74) is 12.3. The Morgan fingerprint density at radius 1 is 0.694 bits per heavy atom. The molecule has 2 aliphatic rings. The van der Waals surface area contributed by atoms with Crippen LogP contribution in [-0.4, -0.2) is 6.98 Å². The van der Waals surface area contributed by atoms with E-state index in [0.717, 1.165) is 0 Å². The fourth-order valence-electron chi connectivity index (χ4n) is 6.47. The van der Waals surface area contributed by atoms with Crippen LogP contribution < -0.4 is 14.2 Å². The van der Waals surface area contributed by atoms with Crippen molar-refractivity contribution >= 4 is 29.7 Å². The molecule has 1 unspecified atom stereocenters. The summed E-state index contributed by atoms with van der Waals surface area (Å²) in [5, 5.41) is 0. The molecule has 180 valence electrons. The van der Waals surface area contributed by atoms with Crippen molar-refractivity contribution in [3.8, 4) is 0 Å². The largest absolute Gasteiger partial charge is 0.403 e. The summed E-state index contributed by atoms with van der Waals surface area (Å²) in [4.78, 5) is 5.29. The number of rotatable bonds is 4. The van der Waals surface area contributed by atoms with Crippen LogP contribution in [0.1, 0.15) is 73.3 Å². The molecule has 0 fully saturated rings. The van der Waals surface area contributed by atoms with Gasteiger partial charge in [-0.15, -0.1) is 0 Å². The number of pyridine rings is 1. The van der Waals surface area contributed by atoms with E-state index in [4.69, 9.17) is 0 Å². The number of hydrogen-bond donors (Lipinski definition) is 0. The normalized spacial score (nSPS) is 16.1. The minimum absolute atomic E-state index is 0.129. The SMILES string of the molecule is Cc1cccc2c1C(c1cccc[n+]1C)B1N2c2ccccc2N1c1c(C(C)C)cccc1C(C)C. The molecular formula is C32H35BN3+. The first-order valence-electron chi connectivity index (χ1n) is 13.2. The summed E-state index contributed by atoms with van der Waals surface area (Å²) >= 11 is 0. The van der Waals surface area contributed by atoms with Gasteiger partial charge in [0.15, 0.2) is 11.9 Å². The number of hydrogen-bond acceptors (Lipinski definition) is 2. The number of aryl methyl sites for hydroxylation is 2. The number of fused-ring (bicyclic) bond motifs is 5. The fraction of sp³-hybridized carbons (Fsp3) is 0.281. The standard InChI is InChI=1S/C32H35BN3/c1-21(2)24-14-12-15-25(22(3)4)32(24)36-27-17-8-7-16-26(27)35-28-19-11-13-23(5)30(28)31(33(35)36)29-18-9-10-20-34(29)6/h7-22,31H,1-6H3/q+1. The topological polar surface area (TPSA) is 10.4 Å². The predicted octanol–water partition coefficient (Wildman–Crippen LogP) is 7.53. The highest BCUT2D eigenvalue weighted by atomic mass is 15.3. The van der Waals surface area contributed by atoms with Gasteiger partial charge in [0.25, 0.3) is 0 Å². The molecular weight excluding hydrogens is 437 g/mol. The van der Waals surface area contributed by atoms with Gasteiger partial charge in [-0.2, -0.15) is 0 Å². The third-order valence-electron chi connectivity index (χ3n) is 8.10. The lowest BCUT2D eigenvalue weighted by Gasteiger charge is -2.33. The maximum atomic E-state index is 2.68. The van der Waals surface area contributed by atoms with Gasteiger partial charge in [-0.3, -0.25) is 0 Å². The zero-order valence-corrected chi connectivity index (χ0v) is 22.2. The molecule has 0 radical (unpaired) electrons. The number of benzene rings is 3. The van der Waals surface area contributed by atoms with Crippen LogP contribution in [0.3, 0.4) is 0 Å². The molecule has 0 amide bonds. The van der Waals surface area contributed by atoms with Crippen LogP contribution in [0.2, 0.25) is 0 Å². The average molecular weight is 472 g/mol. The van der Waals surface area contributed by atoms with Gasteiger partial charge >= 0.3 is 6.98 Å². The zero-order chi connectivity index (χ0) is 25.1. The van der Waals surface area contributed by atoms with E-state index in [-0.39, 0.29) is 12.8 Å². The first-order valence-corrected chi connectivity index (χ1v) is 13.2. The molecule has 3 aromatic carbocycles. The van der Waals surface area contributed by atoms with Crippen LogP contribution in [-0.2, 0) is 7.05 Å². The summed E-state index contributed by atoms with van der Waals surface area (Å²) in [7, 11) is 2.18. The Morgan fingerprint density at radius 2 is 1.28 bits per heavy atom. The van der Waals surface area contributed by atoms with Crippen LogP contribution in [0.5, 0.6) is 0 Å². The van der Waals surface area contributed by atoms with Crippen LogP contribution in [0, 0.1) is 6.92 Å². The quantitative estimate of drug-likeness (QED) is 0.225. The van der Waals surface area contributed by atoms with Crippen molar-refractivity contribution < 1.29 is 4.57 Å². The molecule has 1 atom stereocenters. The van der Waals surface area contributed by atoms with E-state index in [1.807, 2.05) is 0 Å². The molecule has 0 saturated heterocycles. The van der Waals surface area contributed by atoms with Crippen molar-refractivity contribution in [2.24, 2.45) is 7.05 Å². The molecule has 6 rings (SSSR count). The van der Waals surface area contributed by atoms with Gasteiger partial charge in [0.2, 0.25) is 0 Å². The summed E-state index contributed by atoms with van der Waals surface area (Å²) in [5.74, 6) is 1.06. The minimum Gasteiger partial charge on any atom is -0.363 e. The molecule has 0 aliphatic carbocycles. The number of aromatic nitrogens is 1. The lowest BCUT2D eigenvalue weighted by atomic mass is 9.58. The Kier molecular flexibility index (Phi) is 5.44. The monoisotopic (exact) mass is 472 g/mol. The Hall–Kier alpha value is -3.53. The lowest BCUT2D eigenvalue weighted by Crippen LogP contribution is -2.49. The van der Waals surface area contributed by atoms with E-state index in [9.17, 15) is 0 Å². The summed E-state index contributed by atoms with van der Waals surface area (Å²) < 4.78 is 2.31. The summed E-state index contributed by atoms with van der Waals surface area (Å²) in [6, 6.07) is 29.3. The minimum atomic E-state index is 0.129. The first-order chi connectivity index (χ1) is 17.4. The van der Waals surface area contributed by atoms with Crippen molar-refractivity contribution in [1.29, 1.82) is 0 Å². The van der Waals surface area contributed by atoms with Crippen LogP contribution in [0.15, 0.2) is 85.1 Å². The molecule has 1 aromatic heterocycles. The second-order valence-corrected chi connectivity index (χ2v) is 11.0. The summed E-state index contributed by atoms with van der Waals surface area (Å²) in [6.07, 6.45) is 2.18. The van der Waals surface area contributed by atoms with Gasteiger partial charge in [0.1, 0.15) is 7.05 Å². The van der Waals surface area contributed by atoms with Gasteiger partial charge in [0.05, 0.1) is 17.2 Å². The average Bonchev–Trinajstić information content (AvgIpc) is 3.37. The fourth-order valence-corrected chi connectivity index (χ4v) is 6.47. The lowest BCUT2D eigenvalue weighted by molar-refractivity contribution is -0.679. The molecule has 4 heteroatoms. The van der Waals surface area contributed by atoms with Crippen molar-refractivity contribution in [1.82, 2.24) is 0 Å². The summed E-state index contributed by atoms with van der Waals surface area (Å²) in [6.45, 7) is 11.7. The van der Waals surface area contributed by atoms with Crippen LogP contribution >= 0.6 is 0 Å². The highest BCUT2D eigenvalue weighted by Gasteiger charge is 2.57. The molecule has 4 aromatic rings. The molecule has 36 heavy (non-hydrogen) atoms.